The van der Waals surface area contributed by atoms with Crippen molar-refractivity contribution in [3.8, 4) is 0 Å². The summed E-state index contributed by atoms with van der Waals surface area (Å²) < 4.78 is 12.8. The average Bonchev–Trinajstić information content (AvgIpc) is 2.04. The van der Waals surface area contributed by atoms with Crippen molar-refractivity contribution in [3.63, 3.8) is 0 Å². The van der Waals surface area contributed by atoms with E-state index in [1.54, 1.807) is 6.07 Å². The number of hydroxylamine groups is 1. The molecule has 0 amide bonds. The van der Waals surface area contributed by atoms with E-state index < -0.39 is 0 Å². The van der Waals surface area contributed by atoms with Gasteiger partial charge in [0.1, 0.15) is 5.82 Å². The van der Waals surface area contributed by atoms with E-state index in [9.17, 15) is 4.39 Å². The lowest BCUT2D eigenvalue weighted by molar-refractivity contribution is 0.161. The van der Waals surface area contributed by atoms with Gasteiger partial charge in [-0.2, -0.15) is 0 Å². The molecule has 2 N–H and O–H groups in total. The molecular formula is C9H13FN2O. The van der Waals surface area contributed by atoms with Crippen LogP contribution in [0.15, 0.2) is 18.2 Å². The molecule has 13 heavy (non-hydrogen) atoms. The monoisotopic (exact) mass is 184 g/mol. The van der Waals surface area contributed by atoms with Crippen molar-refractivity contribution in [2.45, 2.75) is 6.54 Å². The number of anilines is 1. The maximum atomic E-state index is 12.8. The first-order chi connectivity index (χ1) is 6.15. The third kappa shape index (κ3) is 2.40. The number of hydrogen-bond acceptors (Lipinski definition) is 3. The van der Waals surface area contributed by atoms with Crippen LogP contribution in [0.4, 0.5) is 10.1 Å². The van der Waals surface area contributed by atoms with Gasteiger partial charge in [0.2, 0.25) is 0 Å². The minimum Gasteiger partial charge on any atom is -0.377 e. The van der Waals surface area contributed by atoms with Gasteiger partial charge in [-0.3, -0.25) is 0 Å². The number of hydrogen-bond donors (Lipinski definition) is 2. The summed E-state index contributed by atoms with van der Waals surface area (Å²) >= 11 is 0. The van der Waals surface area contributed by atoms with Gasteiger partial charge in [0.05, 0.1) is 0 Å². The number of halogens is 1. The predicted octanol–water partition coefficient (Wildman–Crippen LogP) is 1.37. The summed E-state index contributed by atoms with van der Waals surface area (Å²) in [5.74, 6) is -0.296. The van der Waals surface area contributed by atoms with Crippen molar-refractivity contribution in [2.24, 2.45) is 0 Å². The number of nitrogens with one attached hydrogen (secondary N) is 1. The van der Waals surface area contributed by atoms with E-state index in [1.807, 2.05) is 24.5 Å². The Labute approximate surface area is 76.7 Å². The van der Waals surface area contributed by atoms with Crippen LogP contribution in [0.5, 0.6) is 0 Å². The Morgan fingerprint density at radius 3 is 2.69 bits per heavy atom. The summed E-state index contributed by atoms with van der Waals surface area (Å²) in [7, 11) is 3.74. The van der Waals surface area contributed by atoms with E-state index in [4.69, 9.17) is 5.21 Å². The van der Waals surface area contributed by atoms with Crippen molar-refractivity contribution in [3.05, 3.63) is 29.6 Å². The van der Waals surface area contributed by atoms with Crippen LogP contribution < -0.4 is 10.4 Å². The Hall–Kier alpha value is -1.13. The van der Waals surface area contributed by atoms with Crippen LogP contribution in [-0.4, -0.2) is 19.3 Å². The molecule has 0 aliphatic carbocycles. The van der Waals surface area contributed by atoms with Crippen molar-refractivity contribution >= 4 is 5.69 Å². The molecule has 0 saturated heterocycles. The van der Waals surface area contributed by atoms with E-state index in [2.05, 4.69) is 0 Å². The quantitative estimate of drug-likeness (QED) is 0.696. The zero-order valence-electron chi connectivity index (χ0n) is 7.71. The molecule has 0 aliphatic heterocycles. The Kier molecular flexibility index (Phi) is 3.22. The number of benzene rings is 1. The molecule has 0 heterocycles. The van der Waals surface area contributed by atoms with Crippen LogP contribution in [0, 0.1) is 5.82 Å². The first kappa shape index (κ1) is 9.95. The highest BCUT2D eigenvalue weighted by molar-refractivity contribution is 5.52. The molecule has 0 spiro atoms. The third-order valence-electron chi connectivity index (χ3n) is 1.79. The Balaban J connectivity index is 3.03. The summed E-state index contributed by atoms with van der Waals surface area (Å²) in [4.78, 5) is 1.87. The maximum Gasteiger partial charge on any atom is 0.123 e. The van der Waals surface area contributed by atoms with Gasteiger partial charge in [-0.05, 0) is 23.8 Å². The SMILES string of the molecule is CN(C)c1ccc(F)cc1CNO. The van der Waals surface area contributed by atoms with Crippen LogP contribution in [0.25, 0.3) is 0 Å². The fraction of sp³-hybridized carbons (Fsp3) is 0.333. The zero-order chi connectivity index (χ0) is 9.84. The highest BCUT2D eigenvalue weighted by atomic mass is 19.1. The van der Waals surface area contributed by atoms with E-state index in [1.165, 1.54) is 12.1 Å². The van der Waals surface area contributed by atoms with Gasteiger partial charge in [-0.1, -0.05) is 0 Å². The number of nitrogens with zero attached hydrogens (tertiary/aromatic N) is 1. The average molecular weight is 184 g/mol. The highest BCUT2D eigenvalue weighted by Crippen LogP contribution is 2.19. The second-order valence-electron chi connectivity index (χ2n) is 3.00. The second kappa shape index (κ2) is 4.20. The molecule has 0 saturated carbocycles. The van der Waals surface area contributed by atoms with E-state index >= 15 is 0 Å². The molecule has 1 aromatic carbocycles. The molecular weight excluding hydrogens is 171 g/mol. The summed E-state index contributed by atoms with van der Waals surface area (Å²) in [6, 6.07) is 4.48. The molecule has 0 unspecified atom stereocenters. The number of rotatable bonds is 3. The molecule has 1 rings (SSSR count). The fourth-order valence-corrected chi connectivity index (χ4v) is 1.22. The molecule has 0 radical (unpaired) electrons. The van der Waals surface area contributed by atoms with Crippen molar-refractivity contribution in [1.82, 2.24) is 5.48 Å². The molecule has 0 aliphatic rings. The van der Waals surface area contributed by atoms with E-state index in [0.717, 1.165) is 11.3 Å². The second-order valence-corrected chi connectivity index (χ2v) is 3.00. The van der Waals surface area contributed by atoms with Crippen LogP contribution in [0.1, 0.15) is 5.56 Å². The van der Waals surface area contributed by atoms with Gasteiger partial charge in [0.25, 0.3) is 0 Å². The smallest absolute Gasteiger partial charge is 0.123 e. The highest BCUT2D eigenvalue weighted by Gasteiger charge is 2.04. The largest absolute Gasteiger partial charge is 0.377 e. The van der Waals surface area contributed by atoms with Crippen molar-refractivity contribution in [1.29, 1.82) is 0 Å². The molecule has 0 bridgehead atoms. The van der Waals surface area contributed by atoms with Crippen LogP contribution >= 0.6 is 0 Å². The minimum absolute atomic E-state index is 0.241. The van der Waals surface area contributed by atoms with Gasteiger partial charge in [-0.25, -0.2) is 9.87 Å². The summed E-state index contributed by atoms with van der Waals surface area (Å²) in [6.07, 6.45) is 0. The predicted molar refractivity (Wildman–Crippen MR) is 49.4 cm³/mol. The third-order valence-corrected chi connectivity index (χ3v) is 1.79. The minimum atomic E-state index is -0.296. The van der Waals surface area contributed by atoms with Crippen LogP contribution in [0.3, 0.4) is 0 Å². The zero-order valence-corrected chi connectivity index (χ0v) is 7.71. The lowest BCUT2D eigenvalue weighted by Gasteiger charge is -2.16. The van der Waals surface area contributed by atoms with E-state index in [0.29, 0.717) is 0 Å². The van der Waals surface area contributed by atoms with Gasteiger partial charge in [-0.15, -0.1) is 0 Å². The van der Waals surface area contributed by atoms with Gasteiger partial charge in [0.15, 0.2) is 0 Å². The fourth-order valence-electron chi connectivity index (χ4n) is 1.22. The molecule has 3 nitrogen and oxygen atoms in total. The Morgan fingerprint density at radius 1 is 1.46 bits per heavy atom. The first-order valence-electron chi connectivity index (χ1n) is 3.98. The summed E-state index contributed by atoms with van der Waals surface area (Å²) in [5.41, 5.74) is 3.63. The van der Waals surface area contributed by atoms with Gasteiger partial charge < -0.3 is 10.1 Å². The standard InChI is InChI=1S/C9H13FN2O/c1-12(2)9-4-3-8(10)5-7(9)6-11-13/h3-5,11,13H,6H2,1-2H3. The molecule has 0 aromatic heterocycles. The summed E-state index contributed by atoms with van der Waals surface area (Å²) in [5, 5.41) is 8.53. The normalized spacial score (nSPS) is 10.2. The molecule has 72 valence electrons. The molecule has 0 atom stereocenters. The lowest BCUT2D eigenvalue weighted by atomic mass is 10.1. The molecule has 1 aromatic rings. The van der Waals surface area contributed by atoms with Gasteiger partial charge in [0, 0.05) is 26.3 Å². The lowest BCUT2D eigenvalue weighted by Crippen LogP contribution is -2.15. The van der Waals surface area contributed by atoms with Crippen molar-refractivity contribution < 1.29 is 9.60 Å². The van der Waals surface area contributed by atoms with Crippen LogP contribution in [0.2, 0.25) is 0 Å². The topological polar surface area (TPSA) is 35.5 Å². The molecule has 4 heteroatoms. The Bertz CT molecular complexity index is 289. The molecule has 0 fully saturated rings. The summed E-state index contributed by atoms with van der Waals surface area (Å²) in [6.45, 7) is 0.241. The van der Waals surface area contributed by atoms with Crippen LogP contribution in [-0.2, 0) is 6.54 Å². The van der Waals surface area contributed by atoms with E-state index in [-0.39, 0.29) is 12.4 Å². The first-order valence-corrected chi connectivity index (χ1v) is 3.98. The van der Waals surface area contributed by atoms with Gasteiger partial charge >= 0.3 is 0 Å². The Morgan fingerprint density at radius 2 is 2.15 bits per heavy atom. The van der Waals surface area contributed by atoms with Crippen molar-refractivity contribution in [2.75, 3.05) is 19.0 Å². The maximum absolute atomic E-state index is 12.8.